The van der Waals surface area contributed by atoms with Gasteiger partial charge in [-0.3, -0.25) is 14.5 Å². The molecule has 3 rings (SSSR count). The van der Waals surface area contributed by atoms with E-state index >= 15 is 0 Å². The number of nitrogens with zero attached hydrogens (tertiary/aromatic N) is 1. The molecule has 0 saturated carbocycles. The number of methoxy groups -OCH3 is 1. The monoisotopic (exact) mass is 363 g/mol. The van der Waals surface area contributed by atoms with Crippen LogP contribution in [0.2, 0.25) is 0 Å². The van der Waals surface area contributed by atoms with Gasteiger partial charge >= 0.3 is 5.97 Å². The van der Waals surface area contributed by atoms with Gasteiger partial charge < -0.3 is 9.15 Å². The Labute approximate surface area is 146 Å². The number of esters is 1. The second-order valence-corrected chi connectivity index (χ2v) is 7.29. The van der Waals surface area contributed by atoms with Gasteiger partial charge in [-0.25, -0.2) is 4.79 Å². The summed E-state index contributed by atoms with van der Waals surface area (Å²) >= 11 is 2.45. The summed E-state index contributed by atoms with van der Waals surface area (Å²) in [6.07, 6.45) is 1.71. The number of amides is 2. The molecule has 2 aromatic rings. The molecule has 0 unspecified atom stereocenters. The first-order chi connectivity index (χ1) is 11.5. The van der Waals surface area contributed by atoms with Crippen molar-refractivity contribution in [3.63, 3.8) is 0 Å². The van der Waals surface area contributed by atoms with E-state index in [1.807, 2.05) is 19.1 Å². The summed E-state index contributed by atoms with van der Waals surface area (Å²) in [5.41, 5.74) is 0. The molecule has 124 valence electrons. The normalized spacial score (nSPS) is 16.2. The molecule has 0 bridgehead atoms. The van der Waals surface area contributed by atoms with E-state index in [0.717, 1.165) is 26.4 Å². The third-order valence-corrected chi connectivity index (χ3v) is 5.13. The molecule has 0 atom stereocenters. The maximum Gasteiger partial charge on any atom is 0.373 e. The lowest BCUT2D eigenvalue weighted by molar-refractivity contribution is -0.123. The van der Waals surface area contributed by atoms with Crippen molar-refractivity contribution in [1.82, 2.24) is 4.90 Å². The van der Waals surface area contributed by atoms with E-state index in [2.05, 4.69) is 4.74 Å². The average Bonchev–Trinajstić information content (AvgIpc) is 3.24. The molecular formula is C16H13NO5S2. The number of thioether (sulfide) groups is 1. The third kappa shape index (κ3) is 3.29. The Morgan fingerprint density at radius 3 is 2.75 bits per heavy atom. The van der Waals surface area contributed by atoms with Gasteiger partial charge in [0.15, 0.2) is 0 Å². The van der Waals surface area contributed by atoms with Gasteiger partial charge in [0.25, 0.3) is 11.1 Å². The van der Waals surface area contributed by atoms with E-state index in [1.165, 1.54) is 13.2 Å². The molecule has 0 radical (unpaired) electrons. The summed E-state index contributed by atoms with van der Waals surface area (Å²) < 4.78 is 9.86. The molecule has 6 nitrogen and oxygen atoms in total. The standard InChI is InChI=1S/C16H13NO5S2/c1-9-3-5-11(23-9)7-13-14(18)17(16(20)24-13)8-10-4-6-12(22-10)15(19)21-2/h3-7H,8H2,1-2H3. The summed E-state index contributed by atoms with van der Waals surface area (Å²) in [4.78, 5) is 39.4. The zero-order valence-corrected chi connectivity index (χ0v) is 14.5. The van der Waals surface area contributed by atoms with Crippen LogP contribution in [0.1, 0.15) is 26.1 Å². The highest BCUT2D eigenvalue weighted by Crippen LogP contribution is 2.34. The van der Waals surface area contributed by atoms with Crippen LogP contribution in [0.5, 0.6) is 0 Å². The van der Waals surface area contributed by atoms with Crippen LogP contribution in [-0.2, 0) is 16.1 Å². The molecule has 3 heterocycles. The molecule has 1 aliphatic rings. The van der Waals surface area contributed by atoms with E-state index in [0.29, 0.717) is 10.7 Å². The molecule has 24 heavy (non-hydrogen) atoms. The zero-order valence-electron chi connectivity index (χ0n) is 12.9. The van der Waals surface area contributed by atoms with Crippen molar-refractivity contribution >= 4 is 46.3 Å². The number of imide groups is 1. The van der Waals surface area contributed by atoms with E-state index in [9.17, 15) is 14.4 Å². The molecule has 1 fully saturated rings. The Hall–Kier alpha value is -2.32. The van der Waals surface area contributed by atoms with Gasteiger partial charge in [0, 0.05) is 9.75 Å². The highest BCUT2D eigenvalue weighted by Gasteiger charge is 2.35. The van der Waals surface area contributed by atoms with E-state index in [4.69, 9.17) is 4.42 Å². The molecule has 2 amide bonds. The topological polar surface area (TPSA) is 76.8 Å². The van der Waals surface area contributed by atoms with Crippen LogP contribution in [0, 0.1) is 6.92 Å². The maximum absolute atomic E-state index is 12.4. The Morgan fingerprint density at radius 2 is 2.08 bits per heavy atom. The van der Waals surface area contributed by atoms with Crippen molar-refractivity contribution < 1.29 is 23.5 Å². The molecule has 0 aliphatic carbocycles. The summed E-state index contributed by atoms with van der Waals surface area (Å²) in [6, 6.07) is 6.85. The fourth-order valence-electron chi connectivity index (χ4n) is 2.13. The average molecular weight is 363 g/mol. The minimum Gasteiger partial charge on any atom is -0.463 e. The fraction of sp³-hybridized carbons (Fsp3) is 0.188. The van der Waals surface area contributed by atoms with Crippen molar-refractivity contribution in [1.29, 1.82) is 0 Å². The van der Waals surface area contributed by atoms with Gasteiger partial charge in [0.05, 0.1) is 18.6 Å². The van der Waals surface area contributed by atoms with Crippen molar-refractivity contribution in [3.8, 4) is 0 Å². The van der Waals surface area contributed by atoms with Crippen molar-refractivity contribution in [2.75, 3.05) is 7.11 Å². The predicted molar refractivity (Wildman–Crippen MR) is 90.6 cm³/mol. The van der Waals surface area contributed by atoms with E-state index < -0.39 is 5.97 Å². The number of thiophene rings is 1. The maximum atomic E-state index is 12.4. The fourth-order valence-corrected chi connectivity index (χ4v) is 3.85. The number of aryl methyl sites for hydroxylation is 1. The molecular weight excluding hydrogens is 350 g/mol. The van der Waals surface area contributed by atoms with Gasteiger partial charge in [-0.1, -0.05) is 0 Å². The number of hydrogen-bond donors (Lipinski definition) is 0. The number of carbonyl (C=O) groups excluding carboxylic acids is 3. The SMILES string of the molecule is COC(=O)c1ccc(CN2C(=O)SC(=Cc3ccc(C)s3)C2=O)o1. The predicted octanol–water partition coefficient (Wildman–Crippen LogP) is 3.67. The van der Waals surface area contributed by atoms with Crippen LogP contribution in [0.25, 0.3) is 6.08 Å². The van der Waals surface area contributed by atoms with Crippen LogP contribution < -0.4 is 0 Å². The second kappa shape index (κ2) is 6.66. The smallest absolute Gasteiger partial charge is 0.373 e. The quantitative estimate of drug-likeness (QED) is 0.609. The van der Waals surface area contributed by atoms with Crippen LogP contribution in [0.3, 0.4) is 0 Å². The Balaban J connectivity index is 1.76. The van der Waals surface area contributed by atoms with Crippen LogP contribution >= 0.6 is 23.1 Å². The summed E-state index contributed by atoms with van der Waals surface area (Å²) in [5.74, 6) is -0.606. The third-order valence-electron chi connectivity index (χ3n) is 3.27. The van der Waals surface area contributed by atoms with Crippen LogP contribution in [-0.4, -0.2) is 29.1 Å². The number of hydrogen-bond acceptors (Lipinski definition) is 7. The molecule has 8 heteroatoms. The molecule has 0 aromatic carbocycles. The first kappa shape index (κ1) is 16.5. The first-order valence-corrected chi connectivity index (χ1v) is 8.60. The lowest BCUT2D eigenvalue weighted by atomic mass is 10.3. The summed E-state index contributed by atoms with van der Waals surface area (Å²) in [5, 5.41) is -0.365. The largest absolute Gasteiger partial charge is 0.463 e. The van der Waals surface area contributed by atoms with Crippen LogP contribution in [0.4, 0.5) is 4.79 Å². The molecule has 2 aromatic heterocycles. The van der Waals surface area contributed by atoms with Gasteiger partial charge in [-0.2, -0.15) is 0 Å². The Morgan fingerprint density at radius 1 is 1.29 bits per heavy atom. The number of carbonyl (C=O) groups is 3. The summed E-state index contributed by atoms with van der Waals surface area (Å²) in [7, 11) is 1.25. The molecule has 0 spiro atoms. The zero-order chi connectivity index (χ0) is 17.3. The highest BCUT2D eigenvalue weighted by molar-refractivity contribution is 8.18. The Kier molecular flexibility index (Phi) is 4.59. The minimum absolute atomic E-state index is 0.0253. The van der Waals surface area contributed by atoms with E-state index in [1.54, 1.807) is 23.5 Å². The van der Waals surface area contributed by atoms with E-state index in [-0.39, 0.29) is 23.5 Å². The highest BCUT2D eigenvalue weighted by atomic mass is 32.2. The Bertz CT molecular complexity index is 848. The van der Waals surface area contributed by atoms with Gasteiger partial charge in [0.2, 0.25) is 5.76 Å². The molecule has 1 aliphatic heterocycles. The van der Waals surface area contributed by atoms with Gasteiger partial charge in [-0.15, -0.1) is 11.3 Å². The van der Waals surface area contributed by atoms with Gasteiger partial charge in [0.1, 0.15) is 5.76 Å². The summed E-state index contributed by atoms with van der Waals surface area (Å²) in [6.45, 7) is 1.95. The minimum atomic E-state index is -0.608. The molecule has 1 saturated heterocycles. The first-order valence-electron chi connectivity index (χ1n) is 6.97. The van der Waals surface area contributed by atoms with Gasteiger partial charge in [-0.05, 0) is 49.0 Å². The lowest BCUT2D eigenvalue weighted by Crippen LogP contribution is -2.27. The number of rotatable bonds is 4. The van der Waals surface area contributed by atoms with Crippen molar-refractivity contribution in [2.24, 2.45) is 0 Å². The number of ether oxygens (including phenoxy) is 1. The molecule has 0 N–H and O–H groups in total. The number of furan rings is 1. The second-order valence-electron chi connectivity index (χ2n) is 4.97. The van der Waals surface area contributed by atoms with Crippen LogP contribution in [0.15, 0.2) is 33.6 Å². The lowest BCUT2D eigenvalue weighted by Gasteiger charge is -2.09. The van der Waals surface area contributed by atoms with Crippen molar-refractivity contribution in [3.05, 3.63) is 50.4 Å². The van der Waals surface area contributed by atoms with Crippen molar-refractivity contribution in [2.45, 2.75) is 13.5 Å².